The minimum Gasteiger partial charge on any atom is -0.348 e. The summed E-state index contributed by atoms with van der Waals surface area (Å²) >= 11 is 0. The van der Waals surface area contributed by atoms with Crippen molar-refractivity contribution in [2.24, 2.45) is 7.05 Å². The first-order valence-electron chi connectivity index (χ1n) is 4.01. The van der Waals surface area contributed by atoms with Crippen molar-refractivity contribution in [1.29, 1.82) is 0 Å². The zero-order valence-corrected chi connectivity index (χ0v) is 7.44. The van der Waals surface area contributed by atoms with E-state index in [1.807, 2.05) is 0 Å². The maximum absolute atomic E-state index is 13.3. The Bertz CT molecular complexity index is 471. The van der Waals surface area contributed by atoms with E-state index in [1.165, 1.54) is 6.07 Å². The van der Waals surface area contributed by atoms with Crippen molar-refractivity contribution in [2.45, 2.75) is 6.92 Å². The SMILES string of the molecule is Cc1cc(F)c(F)c2c1ccn2C. The van der Waals surface area contributed by atoms with Crippen molar-refractivity contribution in [1.82, 2.24) is 4.57 Å². The van der Waals surface area contributed by atoms with Crippen molar-refractivity contribution < 1.29 is 8.78 Å². The van der Waals surface area contributed by atoms with Crippen LogP contribution in [0.1, 0.15) is 5.56 Å². The molecule has 2 aromatic rings. The number of benzene rings is 1. The van der Waals surface area contributed by atoms with E-state index < -0.39 is 11.6 Å². The topological polar surface area (TPSA) is 4.93 Å². The molecule has 1 nitrogen and oxygen atoms in total. The first-order chi connectivity index (χ1) is 6.11. The molecule has 0 fully saturated rings. The molecule has 0 aliphatic carbocycles. The van der Waals surface area contributed by atoms with E-state index in [9.17, 15) is 8.78 Å². The van der Waals surface area contributed by atoms with Crippen LogP contribution in [0.2, 0.25) is 0 Å². The van der Waals surface area contributed by atoms with Gasteiger partial charge in [0.2, 0.25) is 0 Å². The zero-order valence-electron chi connectivity index (χ0n) is 7.44. The average Bonchev–Trinajstić information content (AvgIpc) is 2.44. The lowest BCUT2D eigenvalue weighted by Crippen LogP contribution is -1.93. The zero-order chi connectivity index (χ0) is 9.59. The molecule has 0 radical (unpaired) electrons. The van der Waals surface area contributed by atoms with E-state index >= 15 is 0 Å². The van der Waals surface area contributed by atoms with Crippen molar-refractivity contribution in [3.8, 4) is 0 Å². The number of aromatic nitrogens is 1. The van der Waals surface area contributed by atoms with Crippen LogP contribution in [0.5, 0.6) is 0 Å². The Hall–Kier alpha value is -1.38. The molecule has 0 N–H and O–H groups in total. The Balaban J connectivity index is 3.00. The molecule has 0 saturated carbocycles. The predicted molar refractivity (Wildman–Crippen MR) is 47.6 cm³/mol. The number of nitrogens with zero attached hydrogens (tertiary/aromatic N) is 1. The molecule has 3 heteroatoms. The molecule has 1 aromatic carbocycles. The molecule has 2 rings (SSSR count). The third kappa shape index (κ3) is 1.03. The van der Waals surface area contributed by atoms with Gasteiger partial charge in [-0.15, -0.1) is 0 Å². The molecular formula is C10H9F2N. The summed E-state index contributed by atoms with van der Waals surface area (Å²) in [5.41, 5.74) is 1.09. The van der Waals surface area contributed by atoms with Gasteiger partial charge in [0, 0.05) is 18.6 Å². The quantitative estimate of drug-likeness (QED) is 0.589. The second kappa shape index (κ2) is 2.55. The fourth-order valence-electron chi connectivity index (χ4n) is 1.57. The highest BCUT2D eigenvalue weighted by Gasteiger charge is 2.11. The fraction of sp³-hybridized carbons (Fsp3) is 0.200. The summed E-state index contributed by atoms with van der Waals surface area (Å²) in [6.45, 7) is 1.77. The first-order valence-corrected chi connectivity index (χ1v) is 4.01. The molecule has 0 spiro atoms. The number of fused-ring (bicyclic) bond motifs is 1. The summed E-state index contributed by atoms with van der Waals surface area (Å²) in [5, 5.41) is 0.765. The van der Waals surface area contributed by atoms with Crippen LogP contribution in [0, 0.1) is 18.6 Å². The molecule has 1 heterocycles. The maximum Gasteiger partial charge on any atom is 0.183 e. The monoisotopic (exact) mass is 181 g/mol. The molecular weight excluding hydrogens is 172 g/mol. The minimum absolute atomic E-state index is 0.331. The van der Waals surface area contributed by atoms with Crippen LogP contribution in [0.25, 0.3) is 10.9 Å². The molecule has 68 valence electrons. The average molecular weight is 181 g/mol. The number of aryl methyl sites for hydroxylation is 2. The lowest BCUT2D eigenvalue weighted by atomic mass is 10.1. The highest BCUT2D eigenvalue weighted by molar-refractivity contribution is 5.84. The number of rotatable bonds is 0. The summed E-state index contributed by atoms with van der Waals surface area (Å²) in [7, 11) is 1.70. The lowest BCUT2D eigenvalue weighted by molar-refractivity contribution is 0.512. The largest absolute Gasteiger partial charge is 0.348 e. The second-order valence-corrected chi connectivity index (χ2v) is 3.18. The lowest BCUT2D eigenvalue weighted by Gasteiger charge is -2.02. The normalized spacial score (nSPS) is 11.1. The molecule has 13 heavy (non-hydrogen) atoms. The van der Waals surface area contributed by atoms with Crippen LogP contribution in [-0.4, -0.2) is 4.57 Å². The molecule has 0 aliphatic heterocycles. The van der Waals surface area contributed by atoms with Crippen LogP contribution in [0.15, 0.2) is 18.3 Å². The third-order valence-electron chi connectivity index (χ3n) is 2.26. The van der Waals surface area contributed by atoms with Gasteiger partial charge in [-0.25, -0.2) is 8.78 Å². The van der Waals surface area contributed by atoms with E-state index in [1.54, 1.807) is 30.8 Å². The standard InChI is InChI=1S/C10H9F2N/c1-6-5-8(11)9(12)10-7(6)3-4-13(10)2/h3-5H,1-2H3. The van der Waals surface area contributed by atoms with Crippen molar-refractivity contribution in [2.75, 3.05) is 0 Å². The van der Waals surface area contributed by atoms with E-state index in [2.05, 4.69) is 0 Å². The Kier molecular flexibility index (Phi) is 1.62. The predicted octanol–water partition coefficient (Wildman–Crippen LogP) is 2.76. The van der Waals surface area contributed by atoms with Gasteiger partial charge in [0.15, 0.2) is 11.6 Å². The number of halogens is 2. The van der Waals surface area contributed by atoms with Gasteiger partial charge in [0.25, 0.3) is 0 Å². The molecule has 0 atom stereocenters. The van der Waals surface area contributed by atoms with E-state index in [4.69, 9.17) is 0 Å². The van der Waals surface area contributed by atoms with Gasteiger partial charge in [-0.1, -0.05) is 0 Å². The van der Waals surface area contributed by atoms with Crippen molar-refractivity contribution in [3.05, 3.63) is 35.5 Å². The van der Waals surface area contributed by atoms with E-state index in [0.29, 0.717) is 5.52 Å². The molecule has 0 saturated heterocycles. The van der Waals surface area contributed by atoms with Gasteiger partial charge < -0.3 is 4.57 Å². The molecule has 0 bridgehead atoms. The molecule has 0 unspecified atom stereocenters. The van der Waals surface area contributed by atoms with Crippen molar-refractivity contribution >= 4 is 10.9 Å². The van der Waals surface area contributed by atoms with Gasteiger partial charge in [0.1, 0.15) is 0 Å². The summed E-state index contributed by atoms with van der Waals surface area (Å²) in [4.78, 5) is 0. The third-order valence-corrected chi connectivity index (χ3v) is 2.26. The van der Waals surface area contributed by atoms with Gasteiger partial charge in [-0.2, -0.15) is 0 Å². The number of hydrogen-bond acceptors (Lipinski definition) is 0. The van der Waals surface area contributed by atoms with Crippen LogP contribution in [0.4, 0.5) is 8.78 Å². The molecule has 0 amide bonds. The maximum atomic E-state index is 13.3. The Morgan fingerprint density at radius 1 is 1.31 bits per heavy atom. The Morgan fingerprint density at radius 2 is 2.00 bits per heavy atom. The van der Waals surface area contributed by atoms with Crippen LogP contribution >= 0.6 is 0 Å². The summed E-state index contributed by atoms with van der Waals surface area (Å²) in [6, 6.07) is 3.00. The Labute approximate surface area is 74.6 Å². The van der Waals surface area contributed by atoms with Gasteiger partial charge >= 0.3 is 0 Å². The van der Waals surface area contributed by atoms with Crippen molar-refractivity contribution in [3.63, 3.8) is 0 Å². The molecule has 0 aliphatic rings. The smallest absolute Gasteiger partial charge is 0.183 e. The Morgan fingerprint density at radius 3 is 2.69 bits per heavy atom. The van der Waals surface area contributed by atoms with Crippen LogP contribution in [0.3, 0.4) is 0 Å². The van der Waals surface area contributed by atoms with Gasteiger partial charge in [-0.3, -0.25) is 0 Å². The van der Waals surface area contributed by atoms with Gasteiger partial charge in [-0.05, 0) is 24.6 Å². The minimum atomic E-state index is -0.785. The summed E-state index contributed by atoms with van der Waals surface area (Å²) in [6.07, 6.45) is 1.72. The molecule has 1 aromatic heterocycles. The van der Waals surface area contributed by atoms with Gasteiger partial charge in [0.05, 0.1) is 5.52 Å². The van der Waals surface area contributed by atoms with E-state index in [-0.39, 0.29) is 0 Å². The van der Waals surface area contributed by atoms with Crippen LogP contribution < -0.4 is 0 Å². The number of hydrogen-bond donors (Lipinski definition) is 0. The highest BCUT2D eigenvalue weighted by Crippen LogP contribution is 2.24. The van der Waals surface area contributed by atoms with E-state index in [0.717, 1.165) is 10.9 Å². The highest BCUT2D eigenvalue weighted by atomic mass is 19.2. The fourth-order valence-corrected chi connectivity index (χ4v) is 1.57. The second-order valence-electron chi connectivity index (χ2n) is 3.18. The van der Waals surface area contributed by atoms with Crippen LogP contribution in [-0.2, 0) is 7.05 Å². The summed E-state index contributed by atoms with van der Waals surface area (Å²) in [5.74, 6) is -1.56. The first kappa shape index (κ1) is 8.23. The summed E-state index contributed by atoms with van der Waals surface area (Å²) < 4.78 is 27.8.